The van der Waals surface area contributed by atoms with Crippen molar-refractivity contribution >= 4 is 11.9 Å². The van der Waals surface area contributed by atoms with Gasteiger partial charge in [-0.2, -0.15) is 0 Å². The molecular weight excluding hydrogens is 180 g/mol. The molecule has 0 aromatic rings. The molecule has 80 valence electrons. The summed E-state index contributed by atoms with van der Waals surface area (Å²) in [6.45, 7) is 1.67. The molecule has 1 fully saturated rings. The van der Waals surface area contributed by atoms with Crippen LogP contribution in [-0.2, 0) is 4.79 Å². The zero-order valence-electron chi connectivity index (χ0n) is 8.49. The van der Waals surface area contributed by atoms with Gasteiger partial charge in [-0.1, -0.05) is 12.8 Å². The van der Waals surface area contributed by atoms with Gasteiger partial charge < -0.3 is 16.8 Å². The molecule has 1 amide bonds. The van der Waals surface area contributed by atoms with Crippen LogP contribution in [-0.4, -0.2) is 24.0 Å². The Morgan fingerprint density at radius 2 is 2.00 bits per heavy atom. The molecule has 1 saturated carbocycles. The van der Waals surface area contributed by atoms with E-state index in [1.165, 1.54) is 12.8 Å². The van der Waals surface area contributed by atoms with E-state index in [-0.39, 0.29) is 0 Å². The van der Waals surface area contributed by atoms with Crippen molar-refractivity contribution in [3.05, 3.63) is 0 Å². The van der Waals surface area contributed by atoms with Gasteiger partial charge in [0.05, 0.1) is 6.04 Å². The maximum atomic E-state index is 10.7. The highest BCUT2D eigenvalue weighted by Gasteiger charge is 2.15. The Bertz CT molecular complexity index is 233. The number of primary amides is 1. The first-order valence-electron chi connectivity index (χ1n) is 4.98. The number of carbonyl (C=O) groups excluding carboxylic acids is 1. The minimum Gasteiger partial charge on any atom is -0.370 e. The molecule has 1 unspecified atom stereocenters. The fourth-order valence-corrected chi connectivity index (χ4v) is 1.56. The van der Waals surface area contributed by atoms with Crippen molar-refractivity contribution in [1.82, 2.24) is 5.32 Å². The van der Waals surface area contributed by atoms with Crippen LogP contribution in [0.25, 0.3) is 0 Å². The number of aliphatic imine (C=N–C) groups is 1. The van der Waals surface area contributed by atoms with Crippen LogP contribution < -0.4 is 16.8 Å². The van der Waals surface area contributed by atoms with Crippen LogP contribution in [0, 0.1) is 0 Å². The normalized spacial score (nSPS) is 20.8. The Hall–Kier alpha value is -1.26. The maximum Gasteiger partial charge on any atom is 0.239 e. The van der Waals surface area contributed by atoms with Crippen LogP contribution >= 0.6 is 0 Å². The zero-order chi connectivity index (χ0) is 10.6. The topological polar surface area (TPSA) is 93.5 Å². The standard InChI is InChI=1S/C9H18N4O/c1-6(8(10)14)12-9(11)13-7-4-2-3-5-7/h6-7H,2-5H2,1H3,(H2,10,14)(H3,11,12,13). The first-order chi connectivity index (χ1) is 6.59. The number of rotatable bonds is 3. The SMILES string of the molecule is CC(NC(N)=NC1CCCC1)C(N)=O. The van der Waals surface area contributed by atoms with E-state index < -0.39 is 11.9 Å². The third-order valence-electron chi connectivity index (χ3n) is 2.44. The van der Waals surface area contributed by atoms with Crippen LogP contribution in [0.3, 0.4) is 0 Å². The van der Waals surface area contributed by atoms with Crippen molar-refractivity contribution in [1.29, 1.82) is 0 Å². The summed E-state index contributed by atoms with van der Waals surface area (Å²) in [4.78, 5) is 15.0. The van der Waals surface area contributed by atoms with E-state index in [1.807, 2.05) is 0 Å². The van der Waals surface area contributed by atoms with Gasteiger partial charge in [0.15, 0.2) is 5.96 Å². The molecule has 0 aliphatic heterocycles. The summed E-state index contributed by atoms with van der Waals surface area (Å²) in [6.07, 6.45) is 4.61. The molecule has 0 saturated heterocycles. The molecule has 1 aliphatic rings. The highest BCUT2D eigenvalue weighted by Crippen LogP contribution is 2.20. The number of guanidine groups is 1. The summed E-state index contributed by atoms with van der Waals surface area (Å²) in [5.74, 6) is -0.0993. The fraction of sp³-hybridized carbons (Fsp3) is 0.778. The maximum absolute atomic E-state index is 10.7. The first-order valence-corrected chi connectivity index (χ1v) is 4.98. The van der Waals surface area contributed by atoms with E-state index in [9.17, 15) is 4.79 Å². The minimum atomic E-state index is -0.458. The Morgan fingerprint density at radius 1 is 1.43 bits per heavy atom. The van der Waals surface area contributed by atoms with E-state index in [2.05, 4.69) is 10.3 Å². The second-order valence-corrected chi connectivity index (χ2v) is 3.72. The molecule has 5 nitrogen and oxygen atoms in total. The third-order valence-corrected chi connectivity index (χ3v) is 2.44. The Morgan fingerprint density at radius 3 is 2.50 bits per heavy atom. The molecule has 1 rings (SSSR count). The van der Waals surface area contributed by atoms with Gasteiger partial charge in [-0.3, -0.25) is 9.79 Å². The molecule has 14 heavy (non-hydrogen) atoms. The monoisotopic (exact) mass is 198 g/mol. The number of hydrogen-bond acceptors (Lipinski definition) is 2. The summed E-state index contributed by atoms with van der Waals surface area (Å²) >= 11 is 0. The van der Waals surface area contributed by atoms with Crippen molar-refractivity contribution in [2.45, 2.75) is 44.7 Å². The van der Waals surface area contributed by atoms with Gasteiger partial charge in [0.1, 0.15) is 6.04 Å². The summed E-state index contributed by atoms with van der Waals surface area (Å²) in [5.41, 5.74) is 10.7. The number of nitrogens with two attached hydrogens (primary N) is 2. The van der Waals surface area contributed by atoms with Crippen molar-refractivity contribution in [3.8, 4) is 0 Å². The Kier molecular flexibility index (Phi) is 3.73. The summed E-state index contributed by atoms with van der Waals surface area (Å²) in [7, 11) is 0. The van der Waals surface area contributed by atoms with E-state index in [0.29, 0.717) is 12.0 Å². The molecule has 0 heterocycles. The molecule has 5 heteroatoms. The summed E-state index contributed by atoms with van der Waals surface area (Å²) in [6, 6.07) is -0.136. The fourth-order valence-electron chi connectivity index (χ4n) is 1.56. The largest absolute Gasteiger partial charge is 0.370 e. The smallest absolute Gasteiger partial charge is 0.239 e. The molecule has 0 aromatic carbocycles. The average Bonchev–Trinajstić information content (AvgIpc) is 2.56. The lowest BCUT2D eigenvalue weighted by molar-refractivity contribution is -0.119. The highest BCUT2D eigenvalue weighted by atomic mass is 16.1. The summed E-state index contributed by atoms with van der Waals surface area (Å²) < 4.78 is 0. The van der Waals surface area contributed by atoms with Gasteiger partial charge in [0.25, 0.3) is 0 Å². The molecule has 1 aliphatic carbocycles. The molecule has 1 atom stereocenters. The second-order valence-electron chi connectivity index (χ2n) is 3.72. The Labute approximate surface area is 83.9 Å². The molecule has 0 aromatic heterocycles. The van der Waals surface area contributed by atoms with Crippen molar-refractivity contribution in [2.24, 2.45) is 16.5 Å². The van der Waals surface area contributed by atoms with Crippen molar-refractivity contribution in [2.75, 3.05) is 0 Å². The quantitative estimate of drug-likeness (QED) is 0.429. The van der Waals surface area contributed by atoms with Crippen LogP contribution in [0.5, 0.6) is 0 Å². The van der Waals surface area contributed by atoms with E-state index in [1.54, 1.807) is 6.92 Å². The minimum absolute atomic E-state index is 0.322. The van der Waals surface area contributed by atoms with Gasteiger partial charge in [-0.05, 0) is 19.8 Å². The Balaban J connectivity index is 2.39. The van der Waals surface area contributed by atoms with Crippen LogP contribution in [0.1, 0.15) is 32.6 Å². The second kappa shape index (κ2) is 4.83. The first kappa shape index (κ1) is 10.8. The molecule has 0 spiro atoms. The summed E-state index contributed by atoms with van der Waals surface area (Å²) in [5, 5.41) is 2.76. The van der Waals surface area contributed by atoms with Gasteiger partial charge in [0, 0.05) is 0 Å². The molecule has 0 radical (unpaired) electrons. The average molecular weight is 198 g/mol. The molecular formula is C9H18N4O. The van der Waals surface area contributed by atoms with E-state index in [0.717, 1.165) is 12.8 Å². The zero-order valence-corrected chi connectivity index (χ0v) is 8.49. The van der Waals surface area contributed by atoms with Crippen LogP contribution in [0.4, 0.5) is 0 Å². The number of nitrogens with zero attached hydrogens (tertiary/aromatic N) is 1. The van der Waals surface area contributed by atoms with E-state index in [4.69, 9.17) is 11.5 Å². The predicted molar refractivity (Wildman–Crippen MR) is 55.7 cm³/mol. The predicted octanol–water partition coefficient (Wildman–Crippen LogP) is -0.293. The van der Waals surface area contributed by atoms with Crippen molar-refractivity contribution in [3.63, 3.8) is 0 Å². The van der Waals surface area contributed by atoms with Crippen LogP contribution in [0.15, 0.2) is 4.99 Å². The van der Waals surface area contributed by atoms with Gasteiger partial charge >= 0.3 is 0 Å². The number of nitrogens with one attached hydrogen (secondary N) is 1. The molecule has 0 bridgehead atoms. The van der Waals surface area contributed by atoms with E-state index >= 15 is 0 Å². The number of carbonyl (C=O) groups is 1. The number of hydrogen-bond donors (Lipinski definition) is 3. The lowest BCUT2D eigenvalue weighted by Crippen LogP contribution is -2.46. The number of amides is 1. The van der Waals surface area contributed by atoms with Gasteiger partial charge in [-0.25, -0.2) is 0 Å². The highest BCUT2D eigenvalue weighted by molar-refractivity contribution is 5.87. The van der Waals surface area contributed by atoms with Crippen molar-refractivity contribution < 1.29 is 4.79 Å². The van der Waals surface area contributed by atoms with Crippen LogP contribution in [0.2, 0.25) is 0 Å². The van der Waals surface area contributed by atoms with Gasteiger partial charge in [0.2, 0.25) is 5.91 Å². The lowest BCUT2D eigenvalue weighted by atomic mass is 10.3. The lowest BCUT2D eigenvalue weighted by Gasteiger charge is -2.12. The van der Waals surface area contributed by atoms with Gasteiger partial charge in [-0.15, -0.1) is 0 Å². The third kappa shape index (κ3) is 3.24. The molecule has 5 N–H and O–H groups in total.